The Labute approximate surface area is 125 Å². The maximum Gasteiger partial charge on any atom is 0.418 e. The van der Waals surface area contributed by atoms with E-state index in [1.165, 1.54) is 12.1 Å². The number of alkyl halides is 3. The molecule has 0 heterocycles. The van der Waals surface area contributed by atoms with Crippen LogP contribution in [-0.2, 0) is 12.7 Å². The summed E-state index contributed by atoms with van der Waals surface area (Å²) >= 11 is 3.07. The van der Waals surface area contributed by atoms with Crippen LogP contribution in [0.3, 0.4) is 0 Å². The lowest BCUT2D eigenvalue weighted by Gasteiger charge is -2.15. The molecule has 0 aliphatic rings. The maximum absolute atomic E-state index is 13.4. The van der Waals surface area contributed by atoms with Gasteiger partial charge in [-0.2, -0.15) is 13.2 Å². The summed E-state index contributed by atoms with van der Waals surface area (Å²) < 4.78 is 65.5. The van der Waals surface area contributed by atoms with E-state index in [0.717, 1.165) is 24.3 Å². The summed E-state index contributed by atoms with van der Waals surface area (Å²) in [6.07, 6.45) is -4.54. The standard InChI is InChI=1S/C14H9BrF5N/c15-9-1-3-11(14(18,19)20)13(6-9)21-7-8-5-10(16)2-4-12(8)17/h1-6,21H,7H2. The van der Waals surface area contributed by atoms with Gasteiger partial charge in [0.05, 0.1) is 5.56 Å². The Balaban J connectivity index is 2.27. The van der Waals surface area contributed by atoms with E-state index in [1.807, 2.05) is 0 Å². The van der Waals surface area contributed by atoms with Gasteiger partial charge < -0.3 is 5.32 Å². The Morgan fingerprint density at radius 2 is 1.71 bits per heavy atom. The van der Waals surface area contributed by atoms with Crippen LogP contribution in [0.5, 0.6) is 0 Å². The van der Waals surface area contributed by atoms with Crippen molar-refractivity contribution in [2.45, 2.75) is 12.7 Å². The second-order valence-electron chi connectivity index (χ2n) is 4.28. The second kappa shape index (κ2) is 6.01. The lowest BCUT2D eigenvalue weighted by atomic mass is 10.1. The Hall–Kier alpha value is -1.63. The topological polar surface area (TPSA) is 12.0 Å². The average molecular weight is 366 g/mol. The van der Waals surface area contributed by atoms with Gasteiger partial charge in [-0.1, -0.05) is 15.9 Å². The molecule has 2 aromatic carbocycles. The van der Waals surface area contributed by atoms with Crippen LogP contribution in [0.25, 0.3) is 0 Å². The molecule has 1 nitrogen and oxygen atoms in total. The smallest absolute Gasteiger partial charge is 0.380 e. The zero-order chi connectivity index (χ0) is 15.6. The quantitative estimate of drug-likeness (QED) is 0.722. The highest BCUT2D eigenvalue weighted by Gasteiger charge is 2.33. The van der Waals surface area contributed by atoms with Gasteiger partial charge in [0.15, 0.2) is 0 Å². The van der Waals surface area contributed by atoms with Crippen molar-refractivity contribution in [3.63, 3.8) is 0 Å². The maximum atomic E-state index is 13.4. The number of nitrogens with one attached hydrogen (secondary N) is 1. The molecule has 0 aliphatic heterocycles. The minimum absolute atomic E-state index is 0.0527. The monoisotopic (exact) mass is 365 g/mol. The Bertz CT molecular complexity index is 654. The Kier molecular flexibility index (Phi) is 4.51. The Morgan fingerprint density at radius 1 is 1.00 bits per heavy atom. The summed E-state index contributed by atoms with van der Waals surface area (Å²) in [5.74, 6) is -1.34. The van der Waals surface area contributed by atoms with Crippen LogP contribution in [-0.4, -0.2) is 0 Å². The van der Waals surface area contributed by atoms with Crippen molar-refractivity contribution >= 4 is 21.6 Å². The summed E-state index contributed by atoms with van der Waals surface area (Å²) in [6.45, 7) is -0.261. The second-order valence-corrected chi connectivity index (χ2v) is 5.19. The van der Waals surface area contributed by atoms with E-state index in [4.69, 9.17) is 0 Å². The zero-order valence-electron chi connectivity index (χ0n) is 10.4. The first kappa shape index (κ1) is 15.8. The van der Waals surface area contributed by atoms with Crippen molar-refractivity contribution in [3.05, 3.63) is 63.6 Å². The van der Waals surface area contributed by atoms with Gasteiger partial charge in [-0.3, -0.25) is 0 Å². The number of halogens is 6. The van der Waals surface area contributed by atoms with Gasteiger partial charge in [-0.05, 0) is 36.4 Å². The van der Waals surface area contributed by atoms with E-state index >= 15 is 0 Å². The van der Waals surface area contributed by atoms with Crippen LogP contribution < -0.4 is 5.32 Å². The van der Waals surface area contributed by atoms with Crippen LogP contribution in [0.4, 0.5) is 27.6 Å². The Morgan fingerprint density at radius 3 is 2.38 bits per heavy atom. The first-order valence-electron chi connectivity index (χ1n) is 5.82. The molecule has 0 saturated heterocycles. The number of benzene rings is 2. The molecule has 0 spiro atoms. The fourth-order valence-electron chi connectivity index (χ4n) is 1.78. The molecular formula is C14H9BrF5N. The number of hydrogen-bond donors (Lipinski definition) is 1. The third-order valence-electron chi connectivity index (χ3n) is 2.76. The highest BCUT2D eigenvalue weighted by Crippen LogP contribution is 2.36. The molecule has 0 radical (unpaired) electrons. The normalized spacial score (nSPS) is 11.5. The molecule has 21 heavy (non-hydrogen) atoms. The molecule has 0 unspecified atom stereocenters. The first-order chi connectivity index (χ1) is 9.77. The van der Waals surface area contributed by atoms with Crippen LogP contribution in [0.1, 0.15) is 11.1 Å². The minimum Gasteiger partial charge on any atom is -0.380 e. The van der Waals surface area contributed by atoms with E-state index in [0.29, 0.717) is 4.47 Å². The van der Waals surface area contributed by atoms with E-state index in [9.17, 15) is 22.0 Å². The molecule has 0 amide bonds. The first-order valence-corrected chi connectivity index (χ1v) is 6.61. The van der Waals surface area contributed by atoms with Crippen molar-refractivity contribution in [1.82, 2.24) is 0 Å². The van der Waals surface area contributed by atoms with E-state index in [-0.39, 0.29) is 17.8 Å². The largest absolute Gasteiger partial charge is 0.418 e. The highest BCUT2D eigenvalue weighted by molar-refractivity contribution is 9.10. The molecule has 0 aromatic heterocycles. The van der Waals surface area contributed by atoms with Crippen molar-refractivity contribution < 1.29 is 22.0 Å². The van der Waals surface area contributed by atoms with E-state index in [2.05, 4.69) is 21.2 Å². The summed E-state index contributed by atoms with van der Waals surface area (Å²) in [7, 11) is 0. The molecule has 0 aliphatic carbocycles. The van der Waals surface area contributed by atoms with Gasteiger partial charge in [0, 0.05) is 22.3 Å². The highest BCUT2D eigenvalue weighted by atomic mass is 79.9. The van der Waals surface area contributed by atoms with E-state index in [1.54, 1.807) is 0 Å². The summed E-state index contributed by atoms with van der Waals surface area (Å²) in [4.78, 5) is 0. The molecule has 1 N–H and O–H groups in total. The van der Waals surface area contributed by atoms with Gasteiger partial charge in [0.25, 0.3) is 0 Å². The van der Waals surface area contributed by atoms with Crippen LogP contribution in [0.2, 0.25) is 0 Å². The molecular weight excluding hydrogens is 357 g/mol. The van der Waals surface area contributed by atoms with Gasteiger partial charge in [0.2, 0.25) is 0 Å². The van der Waals surface area contributed by atoms with Crippen molar-refractivity contribution in [2.24, 2.45) is 0 Å². The number of anilines is 1. The average Bonchev–Trinajstić information content (AvgIpc) is 2.38. The molecule has 0 saturated carbocycles. The number of hydrogen-bond acceptors (Lipinski definition) is 1. The van der Waals surface area contributed by atoms with Gasteiger partial charge in [0.1, 0.15) is 11.6 Å². The predicted octanol–water partition coefficient (Wildman–Crippen LogP) is 5.36. The van der Waals surface area contributed by atoms with Crippen molar-refractivity contribution in [2.75, 3.05) is 5.32 Å². The summed E-state index contributed by atoms with van der Waals surface area (Å²) in [5, 5.41) is 2.49. The van der Waals surface area contributed by atoms with Gasteiger partial charge in [-0.25, -0.2) is 8.78 Å². The van der Waals surface area contributed by atoms with Crippen molar-refractivity contribution in [1.29, 1.82) is 0 Å². The molecule has 0 atom stereocenters. The minimum atomic E-state index is -4.54. The third-order valence-corrected chi connectivity index (χ3v) is 3.26. The molecule has 112 valence electrons. The predicted molar refractivity (Wildman–Crippen MR) is 72.8 cm³/mol. The molecule has 0 bridgehead atoms. The third kappa shape index (κ3) is 3.93. The SMILES string of the molecule is Fc1ccc(F)c(CNc2cc(Br)ccc2C(F)(F)F)c1. The molecule has 2 rings (SSSR count). The molecule has 7 heteroatoms. The molecule has 2 aromatic rings. The van der Waals surface area contributed by atoms with Crippen LogP contribution in [0.15, 0.2) is 40.9 Å². The van der Waals surface area contributed by atoms with Gasteiger partial charge in [-0.15, -0.1) is 0 Å². The zero-order valence-corrected chi connectivity index (χ0v) is 12.0. The van der Waals surface area contributed by atoms with Gasteiger partial charge >= 0.3 is 6.18 Å². The summed E-state index contributed by atoms with van der Waals surface area (Å²) in [5.41, 5.74) is -1.13. The van der Waals surface area contributed by atoms with Crippen molar-refractivity contribution in [3.8, 4) is 0 Å². The molecule has 0 fully saturated rings. The van der Waals surface area contributed by atoms with Crippen LogP contribution >= 0.6 is 15.9 Å². The lowest BCUT2D eigenvalue weighted by Crippen LogP contribution is -2.11. The fourth-order valence-corrected chi connectivity index (χ4v) is 2.14. The number of rotatable bonds is 3. The summed E-state index contributed by atoms with van der Waals surface area (Å²) in [6, 6.07) is 6.22. The fraction of sp³-hybridized carbons (Fsp3) is 0.143. The lowest BCUT2D eigenvalue weighted by molar-refractivity contribution is -0.137. The van der Waals surface area contributed by atoms with Crippen LogP contribution in [0, 0.1) is 11.6 Å². The van der Waals surface area contributed by atoms with E-state index < -0.39 is 23.4 Å².